The highest BCUT2D eigenvalue weighted by Gasteiger charge is 2.36. The molecule has 0 aromatic carbocycles. The largest absolute Gasteiger partial charge is 0.306 e. The van der Waals surface area contributed by atoms with Crippen molar-refractivity contribution in [3.63, 3.8) is 0 Å². The van der Waals surface area contributed by atoms with Gasteiger partial charge in [-0.25, -0.2) is 0 Å². The monoisotopic (exact) mass is 183 g/mol. The van der Waals surface area contributed by atoms with Crippen molar-refractivity contribution < 1.29 is 0 Å². The molecule has 1 rings (SSSR count). The Morgan fingerprint density at radius 3 is 2.15 bits per heavy atom. The van der Waals surface area contributed by atoms with Gasteiger partial charge in [-0.1, -0.05) is 34.6 Å². The summed E-state index contributed by atoms with van der Waals surface area (Å²) in [4.78, 5) is 2.49. The highest BCUT2D eigenvalue weighted by molar-refractivity contribution is 4.88. The lowest BCUT2D eigenvalue weighted by Crippen LogP contribution is -2.46. The second-order valence-corrected chi connectivity index (χ2v) is 6.63. The Labute approximate surface area is 83.5 Å². The minimum absolute atomic E-state index is 0.464. The van der Waals surface area contributed by atoms with E-state index >= 15 is 0 Å². The Morgan fingerprint density at radius 1 is 1.23 bits per heavy atom. The van der Waals surface area contributed by atoms with Crippen LogP contribution in [-0.4, -0.2) is 25.0 Å². The van der Waals surface area contributed by atoms with Crippen LogP contribution in [0.4, 0.5) is 0 Å². The number of rotatable bonds is 0. The number of hydrogen-bond acceptors (Lipinski definition) is 1. The third-order valence-corrected chi connectivity index (χ3v) is 3.25. The van der Waals surface area contributed by atoms with Crippen LogP contribution in [0.5, 0.6) is 0 Å². The molecule has 0 bridgehead atoms. The van der Waals surface area contributed by atoms with Crippen molar-refractivity contribution >= 4 is 0 Å². The van der Waals surface area contributed by atoms with E-state index in [0.717, 1.165) is 5.92 Å². The van der Waals surface area contributed by atoms with Gasteiger partial charge in [0.1, 0.15) is 0 Å². The predicted molar refractivity (Wildman–Crippen MR) is 58.8 cm³/mol. The third-order valence-electron chi connectivity index (χ3n) is 3.25. The molecule has 78 valence electrons. The summed E-state index contributed by atoms with van der Waals surface area (Å²) in [5.41, 5.74) is 0.969. The Morgan fingerprint density at radius 2 is 1.77 bits per heavy atom. The molecule has 0 aromatic rings. The summed E-state index contributed by atoms with van der Waals surface area (Å²) in [7, 11) is 2.25. The molecule has 0 aliphatic carbocycles. The lowest BCUT2D eigenvalue weighted by molar-refractivity contribution is 0.0379. The van der Waals surface area contributed by atoms with Gasteiger partial charge >= 0.3 is 0 Å². The highest BCUT2D eigenvalue weighted by Crippen LogP contribution is 2.40. The van der Waals surface area contributed by atoms with Crippen LogP contribution in [-0.2, 0) is 0 Å². The first-order chi connectivity index (χ1) is 5.71. The molecule has 0 N–H and O–H groups in total. The van der Waals surface area contributed by atoms with E-state index in [0.29, 0.717) is 10.8 Å². The molecule has 0 aromatic heterocycles. The first-order valence-corrected chi connectivity index (χ1v) is 5.39. The van der Waals surface area contributed by atoms with E-state index in [1.165, 1.54) is 19.5 Å². The third kappa shape index (κ3) is 2.98. The summed E-state index contributed by atoms with van der Waals surface area (Å²) in [5, 5.41) is 0. The predicted octanol–water partition coefficient (Wildman–Crippen LogP) is 3.01. The fourth-order valence-electron chi connectivity index (χ4n) is 2.55. The fourth-order valence-corrected chi connectivity index (χ4v) is 2.55. The van der Waals surface area contributed by atoms with Gasteiger partial charge in [0.15, 0.2) is 0 Å². The molecule has 1 atom stereocenters. The molecular weight excluding hydrogens is 158 g/mol. The normalized spacial score (nSPS) is 30.5. The summed E-state index contributed by atoms with van der Waals surface area (Å²) < 4.78 is 0. The zero-order chi connectivity index (χ0) is 10.3. The van der Waals surface area contributed by atoms with Crippen molar-refractivity contribution in [2.45, 2.75) is 41.0 Å². The van der Waals surface area contributed by atoms with Gasteiger partial charge in [0.05, 0.1) is 0 Å². The van der Waals surface area contributed by atoms with E-state index < -0.39 is 0 Å². The molecule has 0 spiro atoms. The lowest BCUT2D eigenvalue weighted by atomic mass is 9.69. The van der Waals surface area contributed by atoms with Gasteiger partial charge in [0.2, 0.25) is 0 Å². The van der Waals surface area contributed by atoms with E-state index in [1.54, 1.807) is 0 Å². The van der Waals surface area contributed by atoms with E-state index in [4.69, 9.17) is 0 Å². The Balaban J connectivity index is 2.69. The zero-order valence-corrected chi connectivity index (χ0v) is 10.1. The molecule has 1 nitrogen and oxygen atoms in total. The van der Waals surface area contributed by atoms with Crippen molar-refractivity contribution in [3.05, 3.63) is 0 Å². The van der Waals surface area contributed by atoms with Crippen molar-refractivity contribution in [3.8, 4) is 0 Å². The van der Waals surface area contributed by atoms with Crippen molar-refractivity contribution in [2.75, 3.05) is 20.1 Å². The summed E-state index contributed by atoms with van der Waals surface area (Å²) in [6.45, 7) is 14.4. The van der Waals surface area contributed by atoms with Gasteiger partial charge in [-0.05, 0) is 30.2 Å². The van der Waals surface area contributed by atoms with Gasteiger partial charge in [-0.15, -0.1) is 0 Å². The number of hydrogen-bond donors (Lipinski definition) is 0. The minimum atomic E-state index is 0.464. The van der Waals surface area contributed by atoms with Crippen molar-refractivity contribution in [2.24, 2.45) is 16.7 Å². The van der Waals surface area contributed by atoms with E-state index in [2.05, 4.69) is 46.6 Å². The van der Waals surface area contributed by atoms with E-state index in [-0.39, 0.29) is 0 Å². The molecule has 1 fully saturated rings. The molecule has 1 heteroatoms. The molecular formula is C12H25N. The maximum Gasteiger partial charge on any atom is 0.00299 e. The summed E-state index contributed by atoms with van der Waals surface area (Å²) >= 11 is 0. The van der Waals surface area contributed by atoms with Crippen molar-refractivity contribution in [1.82, 2.24) is 4.90 Å². The highest BCUT2D eigenvalue weighted by atomic mass is 15.1. The number of piperidine rings is 1. The van der Waals surface area contributed by atoms with E-state index in [9.17, 15) is 0 Å². The fraction of sp³-hybridized carbons (Fsp3) is 1.00. The second-order valence-electron chi connectivity index (χ2n) is 6.63. The Bertz CT molecular complexity index is 176. The smallest absolute Gasteiger partial charge is 0.00299 e. The molecule has 13 heavy (non-hydrogen) atoms. The van der Waals surface area contributed by atoms with Crippen LogP contribution in [0.2, 0.25) is 0 Å². The molecule has 1 heterocycles. The number of nitrogens with zero attached hydrogens (tertiary/aromatic N) is 1. The average molecular weight is 183 g/mol. The molecule has 0 saturated carbocycles. The average Bonchev–Trinajstić information content (AvgIpc) is 1.79. The van der Waals surface area contributed by atoms with Crippen LogP contribution in [0, 0.1) is 16.7 Å². The molecule has 1 unspecified atom stereocenters. The second kappa shape index (κ2) is 3.27. The van der Waals surface area contributed by atoms with Gasteiger partial charge in [-0.2, -0.15) is 0 Å². The maximum atomic E-state index is 2.49. The summed E-state index contributed by atoms with van der Waals surface area (Å²) in [5.74, 6) is 0.848. The van der Waals surface area contributed by atoms with Gasteiger partial charge in [0, 0.05) is 13.1 Å². The van der Waals surface area contributed by atoms with Gasteiger partial charge < -0.3 is 4.90 Å². The quantitative estimate of drug-likeness (QED) is 0.558. The lowest BCUT2D eigenvalue weighted by Gasteiger charge is -2.46. The minimum Gasteiger partial charge on any atom is -0.306 e. The van der Waals surface area contributed by atoms with Crippen LogP contribution in [0.25, 0.3) is 0 Å². The van der Waals surface area contributed by atoms with Crippen LogP contribution in [0.3, 0.4) is 0 Å². The molecule has 1 aliphatic rings. The standard InChI is InChI=1S/C12H25N/c1-11(2,3)10-7-12(4,5)9-13(6)8-10/h10H,7-9H2,1-6H3. The first kappa shape index (κ1) is 11.0. The van der Waals surface area contributed by atoms with Gasteiger partial charge in [0.25, 0.3) is 0 Å². The van der Waals surface area contributed by atoms with Crippen LogP contribution in [0.1, 0.15) is 41.0 Å². The maximum absolute atomic E-state index is 2.49. The zero-order valence-electron chi connectivity index (χ0n) is 10.1. The van der Waals surface area contributed by atoms with Crippen LogP contribution >= 0.6 is 0 Å². The van der Waals surface area contributed by atoms with Crippen LogP contribution in [0.15, 0.2) is 0 Å². The van der Waals surface area contributed by atoms with Crippen LogP contribution < -0.4 is 0 Å². The Kier molecular flexibility index (Phi) is 2.78. The molecule has 0 amide bonds. The molecule has 0 radical (unpaired) electrons. The van der Waals surface area contributed by atoms with Gasteiger partial charge in [-0.3, -0.25) is 0 Å². The topological polar surface area (TPSA) is 3.24 Å². The molecule has 1 saturated heterocycles. The Hall–Kier alpha value is -0.0400. The SMILES string of the molecule is CN1CC(C(C)(C)C)CC(C)(C)C1. The molecule has 1 aliphatic heterocycles. The summed E-state index contributed by atoms with van der Waals surface area (Å²) in [6, 6.07) is 0. The van der Waals surface area contributed by atoms with Crippen molar-refractivity contribution in [1.29, 1.82) is 0 Å². The van der Waals surface area contributed by atoms with E-state index in [1.807, 2.05) is 0 Å². The summed E-state index contributed by atoms with van der Waals surface area (Å²) in [6.07, 6.45) is 1.38. The first-order valence-electron chi connectivity index (χ1n) is 5.39. The number of likely N-dealkylation sites (tertiary alicyclic amines) is 1.